The molecule has 2 aliphatic rings. The monoisotopic (exact) mass is 561 g/mol. The second-order valence-electron chi connectivity index (χ2n) is 10.9. The first-order valence-corrected chi connectivity index (χ1v) is 14.2. The lowest BCUT2D eigenvalue weighted by atomic mass is 9.69. The number of benzene rings is 2. The van der Waals surface area contributed by atoms with E-state index in [0.717, 1.165) is 12.0 Å². The first-order chi connectivity index (χ1) is 18.9. The molecule has 1 heterocycles. The molecule has 0 bridgehead atoms. The van der Waals surface area contributed by atoms with E-state index in [1.165, 1.54) is 17.4 Å². The summed E-state index contributed by atoms with van der Waals surface area (Å²) in [4.78, 5) is 39.7. The third-order valence-electron chi connectivity index (χ3n) is 7.81. The molecular weight excluding hydrogens is 526 g/mol. The van der Waals surface area contributed by atoms with Gasteiger partial charge in [-0.1, -0.05) is 18.7 Å². The Kier molecular flexibility index (Phi) is 7.20. The number of nitrogens with two attached hydrogens (primary N) is 3. The molecule has 8 N–H and O–H groups in total. The fourth-order valence-corrected chi connectivity index (χ4v) is 7.21. The topological polar surface area (TPSA) is 163 Å². The van der Waals surface area contributed by atoms with Crippen molar-refractivity contribution in [3.05, 3.63) is 70.1 Å². The molecule has 1 aromatic heterocycles. The summed E-state index contributed by atoms with van der Waals surface area (Å²) < 4.78 is 6.50. The number of ether oxygens (including phenoxy) is 1. The summed E-state index contributed by atoms with van der Waals surface area (Å²) in [5.41, 5.74) is 21.4. The van der Waals surface area contributed by atoms with Gasteiger partial charge in [-0.2, -0.15) is 0 Å². The molecule has 2 aliphatic carbocycles. The summed E-state index contributed by atoms with van der Waals surface area (Å²) in [6.07, 6.45) is 3.30. The predicted octanol–water partition coefficient (Wildman–Crippen LogP) is 3.32. The van der Waals surface area contributed by atoms with Crippen molar-refractivity contribution in [3.63, 3.8) is 0 Å². The number of Topliss-reactive ketones (excluding diaryl/α,β-unsaturated/α-hetero) is 1. The lowest BCUT2D eigenvalue weighted by Gasteiger charge is -2.37. The van der Waals surface area contributed by atoms with Gasteiger partial charge in [0.05, 0.1) is 21.7 Å². The molecule has 0 saturated heterocycles. The van der Waals surface area contributed by atoms with E-state index >= 15 is 0 Å². The summed E-state index contributed by atoms with van der Waals surface area (Å²) in [5.74, 6) is -0.266. The molecule has 9 nitrogen and oxygen atoms in total. The minimum Gasteiger partial charge on any atom is -0.491 e. The highest BCUT2D eigenvalue weighted by atomic mass is 32.1. The minimum absolute atomic E-state index is 0.00232. The molecular formula is C30H35N5O4S. The summed E-state index contributed by atoms with van der Waals surface area (Å²) in [6, 6.07) is 7.68. The predicted molar refractivity (Wildman–Crippen MR) is 157 cm³/mol. The molecule has 5 rings (SSSR count). The number of ketones is 1. The van der Waals surface area contributed by atoms with E-state index in [9.17, 15) is 14.4 Å². The van der Waals surface area contributed by atoms with Gasteiger partial charge in [0.15, 0.2) is 5.78 Å². The summed E-state index contributed by atoms with van der Waals surface area (Å²) in [6.45, 7) is 9.26. The van der Waals surface area contributed by atoms with Gasteiger partial charge >= 0.3 is 0 Å². The molecule has 40 heavy (non-hydrogen) atoms. The van der Waals surface area contributed by atoms with E-state index in [-0.39, 0.29) is 30.0 Å². The fraction of sp³-hybridized carbons (Fsp3) is 0.367. The molecule has 1 saturated carbocycles. The van der Waals surface area contributed by atoms with Crippen molar-refractivity contribution in [3.8, 4) is 5.75 Å². The Morgan fingerprint density at radius 1 is 1.15 bits per heavy atom. The average molecular weight is 562 g/mol. The average Bonchev–Trinajstić information content (AvgIpc) is 3.51. The van der Waals surface area contributed by atoms with Crippen LogP contribution in [0.1, 0.15) is 71.1 Å². The number of rotatable bonds is 7. The van der Waals surface area contributed by atoms with Crippen molar-refractivity contribution in [2.45, 2.75) is 69.8 Å². The number of anilines is 1. The van der Waals surface area contributed by atoms with Gasteiger partial charge in [0, 0.05) is 28.7 Å². The largest absolute Gasteiger partial charge is 0.491 e. The Labute approximate surface area is 237 Å². The van der Waals surface area contributed by atoms with Crippen LogP contribution in [0.15, 0.2) is 43.0 Å². The van der Waals surface area contributed by atoms with Crippen LogP contribution in [0.5, 0.6) is 5.75 Å². The summed E-state index contributed by atoms with van der Waals surface area (Å²) in [7, 11) is 0. The van der Waals surface area contributed by atoms with Gasteiger partial charge in [0.2, 0.25) is 5.91 Å². The molecule has 0 radical (unpaired) electrons. The molecule has 0 spiro atoms. The van der Waals surface area contributed by atoms with Crippen LogP contribution >= 0.6 is 11.3 Å². The van der Waals surface area contributed by atoms with Crippen molar-refractivity contribution >= 4 is 44.7 Å². The third kappa shape index (κ3) is 4.55. The maximum absolute atomic E-state index is 14.1. The first-order valence-electron chi connectivity index (χ1n) is 13.4. The number of thiophene rings is 1. The van der Waals surface area contributed by atoms with Gasteiger partial charge in [0.25, 0.3) is 5.91 Å². The Balaban J connectivity index is 1.54. The van der Waals surface area contributed by atoms with Crippen molar-refractivity contribution in [1.29, 1.82) is 0 Å². The standard InChI is InChI=1S/C30H35N5O4S/c1-5-22(36)34-16-6-7-17(13-16)35-29(38)27-24-23-20(10-11-21(31)26(23)40-27)30(33,28(37)25(24)32)19-9-8-18(12-15(19)4)39-14(2)3/h5,8-12,14,16-17,25H,1,6-7,13,31-33H2,2-4H3,(H,34,36)(H,35,38)/t16-,17+,25?,30?/m1/s1. The Bertz CT molecular complexity index is 1550. The number of amides is 2. The van der Waals surface area contributed by atoms with E-state index in [1.54, 1.807) is 18.2 Å². The van der Waals surface area contributed by atoms with Crippen LogP contribution in [-0.2, 0) is 15.1 Å². The van der Waals surface area contributed by atoms with Gasteiger partial charge in [-0.25, -0.2) is 0 Å². The zero-order valence-corrected chi connectivity index (χ0v) is 23.7. The van der Waals surface area contributed by atoms with E-state index < -0.39 is 17.4 Å². The van der Waals surface area contributed by atoms with Crippen LogP contribution in [0.2, 0.25) is 0 Å². The zero-order chi connectivity index (χ0) is 28.9. The number of hydrogen-bond acceptors (Lipinski definition) is 8. The van der Waals surface area contributed by atoms with Crippen LogP contribution in [0.4, 0.5) is 5.69 Å². The Morgan fingerprint density at radius 3 is 2.48 bits per heavy atom. The summed E-state index contributed by atoms with van der Waals surface area (Å²) in [5, 5.41) is 6.62. The maximum Gasteiger partial charge on any atom is 0.261 e. The number of hydrogen-bond donors (Lipinski definition) is 5. The van der Waals surface area contributed by atoms with E-state index in [2.05, 4.69) is 17.2 Å². The molecule has 210 valence electrons. The Hall–Kier alpha value is -3.73. The van der Waals surface area contributed by atoms with Crippen LogP contribution in [0, 0.1) is 6.92 Å². The first kappa shape index (κ1) is 27.8. The van der Waals surface area contributed by atoms with Crippen molar-refractivity contribution < 1.29 is 19.1 Å². The highest BCUT2D eigenvalue weighted by Gasteiger charge is 2.49. The van der Waals surface area contributed by atoms with Gasteiger partial charge in [-0.15, -0.1) is 11.3 Å². The molecule has 3 aromatic rings. The van der Waals surface area contributed by atoms with Crippen LogP contribution in [0.3, 0.4) is 0 Å². The normalized spacial score (nSPS) is 23.9. The SMILES string of the molecule is C=CC(=O)N[C@@H]1CC[C@H](NC(=O)c2sc3c(N)ccc4c3c2C(N)C(=O)C4(N)c2ccc(OC(C)C)cc2C)C1. The van der Waals surface area contributed by atoms with E-state index in [0.29, 0.717) is 55.9 Å². The summed E-state index contributed by atoms with van der Waals surface area (Å²) >= 11 is 1.22. The Morgan fingerprint density at radius 2 is 1.82 bits per heavy atom. The van der Waals surface area contributed by atoms with E-state index in [1.807, 2.05) is 32.9 Å². The number of aryl methyl sites for hydroxylation is 1. The van der Waals surface area contributed by atoms with Crippen molar-refractivity contribution in [2.75, 3.05) is 5.73 Å². The molecule has 2 unspecified atom stereocenters. The minimum atomic E-state index is -1.53. The second-order valence-corrected chi connectivity index (χ2v) is 12.0. The van der Waals surface area contributed by atoms with Gasteiger partial charge in [0.1, 0.15) is 11.3 Å². The van der Waals surface area contributed by atoms with Gasteiger partial charge < -0.3 is 32.6 Å². The highest BCUT2D eigenvalue weighted by Crippen LogP contribution is 2.50. The molecule has 0 aliphatic heterocycles. The van der Waals surface area contributed by atoms with E-state index in [4.69, 9.17) is 21.9 Å². The number of nitrogens with one attached hydrogen (secondary N) is 2. The smallest absolute Gasteiger partial charge is 0.261 e. The van der Waals surface area contributed by atoms with Crippen molar-refractivity contribution in [1.82, 2.24) is 10.6 Å². The lowest BCUT2D eigenvalue weighted by molar-refractivity contribution is -0.124. The molecule has 4 atom stereocenters. The lowest BCUT2D eigenvalue weighted by Crippen LogP contribution is -2.53. The van der Waals surface area contributed by atoms with Crippen LogP contribution in [0.25, 0.3) is 10.1 Å². The van der Waals surface area contributed by atoms with Gasteiger partial charge in [-0.3, -0.25) is 14.4 Å². The fourth-order valence-electron chi connectivity index (χ4n) is 6.01. The number of nitrogen functional groups attached to an aromatic ring is 1. The molecule has 1 fully saturated rings. The van der Waals surface area contributed by atoms with Crippen molar-refractivity contribution in [2.24, 2.45) is 11.5 Å². The third-order valence-corrected chi connectivity index (χ3v) is 9.07. The second kappa shape index (κ2) is 10.3. The zero-order valence-electron chi connectivity index (χ0n) is 22.9. The highest BCUT2D eigenvalue weighted by molar-refractivity contribution is 7.21. The quantitative estimate of drug-likeness (QED) is 0.218. The van der Waals surface area contributed by atoms with Crippen LogP contribution in [-0.4, -0.2) is 35.8 Å². The molecule has 2 amide bonds. The number of carbonyl (C=O) groups excluding carboxylic acids is 3. The number of carbonyl (C=O) groups is 3. The molecule has 2 aromatic carbocycles. The van der Waals surface area contributed by atoms with Gasteiger partial charge in [-0.05, 0) is 81.0 Å². The maximum atomic E-state index is 14.1. The van der Waals surface area contributed by atoms with Crippen LogP contribution < -0.4 is 32.6 Å². The molecule has 10 heteroatoms.